The van der Waals surface area contributed by atoms with E-state index in [2.05, 4.69) is 4.98 Å². The molecule has 23 heavy (non-hydrogen) atoms. The average Bonchev–Trinajstić information content (AvgIpc) is 2.86. The van der Waals surface area contributed by atoms with Gasteiger partial charge in [0.2, 0.25) is 0 Å². The van der Waals surface area contributed by atoms with Crippen LogP contribution in [0.1, 0.15) is 20.9 Å². The Labute approximate surface area is 136 Å². The van der Waals surface area contributed by atoms with Gasteiger partial charge < -0.3 is 4.90 Å². The lowest BCUT2D eigenvalue weighted by Crippen LogP contribution is -2.03. The average molecular weight is 340 g/mol. The highest BCUT2D eigenvalue weighted by atomic mass is 32.1. The maximum atomic E-state index is 12.6. The number of benzene rings is 1. The number of halogens is 3. The minimum Gasteiger partial charge on any atom is -0.383 e. The fourth-order valence-corrected chi connectivity index (χ4v) is 2.83. The quantitative estimate of drug-likeness (QED) is 0.611. The Bertz CT molecular complexity index is 731. The largest absolute Gasteiger partial charge is 0.416 e. The molecule has 0 saturated carbocycles. The highest BCUT2D eigenvalue weighted by Gasteiger charge is 2.30. The van der Waals surface area contributed by atoms with E-state index in [-0.39, 0.29) is 5.78 Å². The number of hydrogen-bond acceptors (Lipinski definition) is 4. The minimum atomic E-state index is -4.37. The molecule has 0 bridgehead atoms. The Morgan fingerprint density at radius 1 is 1.22 bits per heavy atom. The Morgan fingerprint density at radius 2 is 1.83 bits per heavy atom. The van der Waals surface area contributed by atoms with Crippen molar-refractivity contribution in [1.82, 2.24) is 9.88 Å². The predicted octanol–water partition coefficient (Wildman–Crippen LogP) is 4.40. The van der Waals surface area contributed by atoms with Crippen molar-refractivity contribution in [2.24, 2.45) is 0 Å². The van der Waals surface area contributed by atoms with Gasteiger partial charge in [-0.05, 0) is 19.1 Å². The molecule has 7 heteroatoms. The molecule has 0 aliphatic rings. The van der Waals surface area contributed by atoms with Crippen LogP contribution in [0.25, 0.3) is 10.6 Å². The SMILES string of the molecule is Cc1nc(-c2ccc(C(F)(F)F)cc2)sc1C(=O)/C=C/N(C)C. The first-order chi connectivity index (χ1) is 10.7. The molecule has 0 saturated heterocycles. The van der Waals surface area contributed by atoms with Gasteiger partial charge in [-0.15, -0.1) is 11.3 Å². The van der Waals surface area contributed by atoms with E-state index in [4.69, 9.17) is 0 Å². The van der Waals surface area contributed by atoms with Crippen LogP contribution in [-0.4, -0.2) is 29.8 Å². The van der Waals surface area contributed by atoms with Gasteiger partial charge in [0.05, 0.1) is 16.1 Å². The third-order valence-electron chi connectivity index (χ3n) is 3.00. The van der Waals surface area contributed by atoms with Gasteiger partial charge in [-0.2, -0.15) is 13.2 Å². The van der Waals surface area contributed by atoms with Crippen LogP contribution in [0.5, 0.6) is 0 Å². The monoisotopic (exact) mass is 340 g/mol. The molecular formula is C16H15F3N2OS. The van der Waals surface area contributed by atoms with Crippen LogP contribution >= 0.6 is 11.3 Å². The first kappa shape index (κ1) is 17.2. The van der Waals surface area contributed by atoms with Crippen molar-refractivity contribution in [1.29, 1.82) is 0 Å². The Kier molecular flexibility index (Phi) is 4.89. The van der Waals surface area contributed by atoms with Crippen molar-refractivity contribution in [3.05, 3.63) is 52.7 Å². The van der Waals surface area contributed by atoms with Gasteiger partial charge >= 0.3 is 6.18 Å². The second-order valence-electron chi connectivity index (χ2n) is 5.15. The molecule has 1 aromatic carbocycles. The van der Waals surface area contributed by atoms with Crippen molar-refractivity contribution in [3.63, 3.8) is 0 Å². The lowest BCUT2D eigenvalue weighted by molar-refractivity contribution is -0.137. The summed E-state index contributed by atoms with van der Waals surface area (Å²) in [6.07, 6.45) is -1.29. The molecule has 1 heterocycles. The van der Waals surface area contributed by atoms with E-state index in [0.29, 0.717) is 21.1 Å². The van der Waals surface area contributed by atoms with Gasteiger partial charge in [-0.3, -0.25) is 4.79 Å². The summed E-state index contributed by atoms with van der Waals surface area (Å²) in [5, 5.41) is 0.526. The zero-order valence-corrected chi connectivity index (χ0v) is 13.6. The number of aryl methyl sites for hydroxylation is 1. The van der Waals surface area contributed by atoms with Crippen LogP contribution in [-0.2, 0) is 6.18 Å². The van der Waals surface area contributed by atoms with E-state index in [0.717, 1.165) is 12.1 Å². The summed E-state index contributed by atoms with van der Waals surface area (Å²) in [6, 6.07) is 4.76. The highest BCUT2D eigenvalue weighted by molar-refractivity contribution is 7.17. The minimum absolute atomic E-state index is 0.174. The van der Waals surface area contributed by atoms with Crippen molar-refractivity contribution in [2.75, 3.05) is 14.1 Å². The maximum Gasteiger partial charge on any atom is 0.416 e. The van der Waals surface area contributed by atoms with Crippen molar-refractivity contribution in [2.45, 2.75) is 13.1 Å². The van der Waals surface area contributed by atoms with Crippen molar-refractivity contribution >= 4 is 17.1 Å². The standard InChI is InChI=1S/C16H15F3N2OS/c1-10-14(13(22)8-9-21(2)3)23-15(20-10)11-4-6-12(7-5-11)16(17,18)19/h4-9H,1-3H3/b9-8+. The molecule has 0 radical (unpaired) electrons. The molecule has 0 aliphatic heterocycles. The molecule has 0 amide bonds. The molecule has 2 rings (SSSR count). The van der Waals surface area contributed by atoms with Gasteiger partial charge in [-0.25, -0.2) is 4.98 Å². The third kappa shape index (κ3) is 4.19. The van der Waals surface area contributed by atoms with E-state index in [1.807, 2.05) is 0 Å². The summed E-state index contributed by atoms with van der Waals surface area (Å²) in [6.45, 7) is 1.71. The van der Waals surface area contributed by atoms with E-state index in [9.17, 15) is 18.0 Å². The number of nitrogens with zero attached hydrogens (tertiary/aromatic N) is 2. The summed E-state index contributed by atoms with van der Waals surface area (Å²) in [5.74, 6) is -0.174. The van der Waals surface area contributed by atoms with E-state index >= 15 is 0 Å². The normalized spacial score (nSPS) is 11.9. The molecule has 2 aromatic rings. The van der Waals surface area contributed by atoms with Crippen LogP contribution in [0.15, 0.2) is 36.5 Å². The molecule has 0 spiro atoms. The molecule has 1 aromatic heterocycles. The van der Waals surface area contributed by atoms with Gasteiger partial charge in [0.25, 0.3) is 0 Å². The third-order valence-corrected chi connectivity index (χ3v) is 4.22. The summed E-state index contributed by atoms with van der Waals surface area (Å²) < 4.78 is 37.7. The molecular weight excluding hydrogens is 325 g/mol. The second kappa shape index (κ2) is 6.54. The number of allylic oxidation sites excluding steroid dienone is 1. The molecule has 0 aliphatic carbocycles. The van der Waals surface area contributed by atoms with Crippen LogP contribution in [0.4, 0.5) is 13.2 Å². The number of alkyl halides is 3. The number of thiazole rings is 1. The molecule has 0 fully saturated rings. The van der Waals surface area contributed by atoms with E-state index in [1.54, 1.807) is 32.1 Å². The number of carbonyl (C=O) groups is 1. The predicted molar refractivity (Wildman–Crippen MR) is 84.4 cm³/mol. The molecule has 0 atom stereocenters. The molecule has 0 unspecified atom stereocenters. The van der Waals surface area contributed by atoms with Gasteiger partial charge in [0.15, 0.2) is 5.78 Å². The van der Waals surface area contributed by atoms with Gasteiger partial charge in [0.1, 0.15) is 5.01 Å². The zero-order valence-electron chi connectivity index (χ0n) is 12.8. The van der Waals surface area contributed by atoms with E-state index < -0.39 is 11.7 Å². The lowest BCUT2D eigenvalue weighted by Gasteiger charge is -2.06. The molecule has 122 valence electrons. The summed E-state index contributed by atoms with van der Waals surface area (Å²) in [4.78, 5) is 18.6. The number of carbonyl (C=O) groups excluding carboxylic acids is 1. The van der Waals surface area contributed by atoms with Crippen LogP contribution in [0.3, 0.4) is 0 Å². The Balaban J connectivity index is 2.29. The van der Waals surface area contributed by atoms with Gasteiger partial charge in [0, 0.05) is 31.9 Å². The van der Waals surface area contributed by atoms with Crippen LogP contribution < -0.4 is 0 Å². The van der Waals surface area contributed by atoms with Gasteiger partial charge in [-0.1, -0.05) is 12.1 Å². The first-order valence-electron chi connectivity index (χ1n) is 6.72. The van der Waals surface area contributed by atoms with Crippen molar-refractivity contribution < 1.29 is 18.0 Å². The number of aromatic nitrogens is 1. The lowest BCUT2D eigenvalue weighted by atomic mass is 10.1. The number of rotatable bonds is 4. The summed E-state index contributed by atoms with van der Waals surface area (Å²) >= 11 is 1.17. The van der Waals surface area contributed by atoms with Crippen LogP contribution in [0.2, 0.25) is 0 Å². The summed E-state index contributed by atoms with van der Waals surface area (Å²) in [5.41, 5.74) is 0.416. The number of hydrogen-bond donors (Lipinski definition) is 0. The topological polar surface area (TPSA) is 33.2 Å². The van der Waals surface area contributed by atoms with Crippen molar-refractivity contribution in [3.8, 4) is 10.6 Å². The fraction of sp³-hybridized carbons (Fsp3) is 0.250. The smallest absolute Gasteiger partial charge is 0.383 e. The van der Waals surface area contributed by atoms with Crippen LogP contribution in [0, 0.1) is 6.92 Å². The zero-order chi connectivity index (χ0) is 17.2. The Hall–Kier alpha value is -2.15. The molecule has 0 N–H and O–H groups in total. The molecule has 3 nitrogen and oxygen atoms in total. The first-order valence-corrected chi connectivity index (χ1v) is 7.54. The fourth-order valence-electron chi connectivity index (χ4n) is 1.84. The highest BCUT2D eigenvalue weighted by Crippen LogP contribution is 2.33. The maximum absolute atomic E-state index is 12.6. The second-order valence-corrected chi connectivity index (χ2v) is 6.15. The Morgan fingerprint density at radius 3 is 2.35 bits per heavy atom. The number of ketones is 1. The summed E-state index contributed by atoms with van der Waals surface area (Å²) in [7, 11) is 3.61. The van der Waals surface area contributed by atoms with E-state index in [1.165, 1.54) is 29.5 Å².